The smallest absolute Gasteiger partial charge is 0.161 e. The lowest BCUT2D eigenvalue weighted by Gasteiger charge is -2.18. The van der Waals surface area contributed by atoms with Crippen LogP contribution in [0, 0.1) is 0 Å². The Hall–Kier alpha value is 0.354. The zero-order chi connectivity index (χ0) is 17.9. The van der Waals surface area contributed by atoms with Crippen LogP contribution >= 0.6 is 0 Å². The molecule has 0 saturated heterocycles. The molecule has 2 unspecified atom stereocenters. The van der Waals surface area contributed by atoms with Crippen molar-refractivity contribution in [3.8, 4) is 0 Å². The van der Waals surface area contributed by atoms with Gasteiger partial charge in [-0.25, -0.2) is 0 Å². The van der Waals surface area contributed by atoms with Crippen LogP contribution in [-0.4, -0.2) is 31.7 Å². The highest BCUT2D eigenvalue weighted by molar-refractivity contribution is 6.27. The molecule has 2 atom stereocenters. The summed E-state index contributed by atoms with van der Waals surface area (Å²) in [5.41, 5.74) is 0. The van der Waals surface area contributed by atoms with Crippen LogP contribution in [-0.2, 0) is 8.85 Å². The first-order valence-electron chi connectivity index (χ1n) is 11.0. The Morgan fingerprint density at radius 2 is 0.958 bits per heavy atom. The summed E-state index contributed by atoms with van der Waals surface area (Å²) in [5.74, 6) is 0. The predicted molar refractivity (Wildman–Crippen MR) is 115 cm³/mol. The largest absolute Gasteiger partial charge is 0.421 e. The van der Waals surface area contributed by atoms with Gasteiger partial charge in [0.05, 0.1) is 0 Å². The van der Waals surface area contributed by atoms with Crippen molar-refractivity contribution in [1.29, 1.82) is 0 Å². The first kappa shape index (κ1) is 24.4. The van der Waals surface area contributed by atoms with Gasteiger partial charge in [0.15, 0.2) is 19.5 Å². The first-order chi connectivity index (χ1) is 11.8. The number of hydrogen-bond acceptors (Lipinski definition) is 2. The summed E-state index contributed by atoms with van der Waals surface area (Å²) in [4.78, 5) is 0. The lowest BCUT2D eigenvalue weighted by atomic mass is 10.1. The minimum Gasteiger partial charge on any atom is -0.421 e. The van der Waals surface area contributed by atoms with Gasteiger partial charge in [-0.05, 0) is 37.8 Å². The minimum atomic E-state index is -0.279. The van der Waals surface area contributed by atoms with Gasteiger partial charge in [-0.15, -0.1) is 0 Å². The summed E-state index contributed by atoms with van der Waals surface area (Å²) < 4.78 is 12.4. The summed E-state index contributed by atoms with van der Waals surface area (Å²) in [7, 11) is -0.558. The molecular formula is C20H46O2Si2. The average Bonchev–Trinajstić information content (AvgIpc) is 2.59. The monoisotopic (exact) mass is 374 g/mol. The molecular weight excluding hydrogens is 328 g/mol. The SMILES string of the molecule is CCCCC(CCC)O[SiH2]CCCC[SiH2]OC(CCC)CCCC. The van der Waals surface area contributed by atoms with Crippen molar-refractivity contribution in [2.24, 2.45) is 0 Å². The Balaban J connectivity index is 3.53. The summed E-state index contributed by atoms with van der Waals surface area (Å²) >= 11 is 0. The third-order valence-corrected chi connectivity index (χ3v) is 7.72. The molecule has 0 aliphatic heterocycles. The fraction of sp³-hybridized carbons (Fsp3) is 1.00. The van der Waals surface area contributed by atoms with E-state index in [9.17, 15) is 0 Å². The van der Waals surface area contributed by atoms with Gasteiger partial charge in [-0.1, -0.05) is 79.1 Å². The van der Waals surface area contributed by atoms with E-state index in [2.05, 4.69) is 27.7 Å². The molecule has 0 amide bonds. The van der Waals surface area contributed by atoms with Crippen molar-refractivity contribution in [3.05, 3.63) is 0 Å². The summed E-state index contributed by atoms with van der Waals surface area (Å²) in [5, 5.41) is 0. The van der Waals surface area contributed by atoms with Gasteiger partial charge in [0, 0.05) is 12.2 Å². The Morgan fingerprint density at radius 1 is 0.542 bits per heavy atom. The van der Waals surface area contributed by atoms with E-state index in [0.29, 0.717) is 12.2 Å². The number of rotatable bonds is 19. The van der Waals surface area contributed by atoms with Gasteiger partial charge in [-0.2, -0.15) is 0 Å². The molecule has 0 aliphatic rings. The van der Waals surface area contributed by atoms with E-state index in [4.69, 9.17) is 8.85 Å². The molecule has 0 fully saturated rings. The molecule has 0 N–H and O–H groups in total. The van der Waals surface area contributed by atoms with Crippen molar-refractivity contribution >= 4 is 19.5 Å². The Bertz CT molecular complexity index is 216. The van der Waals surface area contributed by atoms with Crippen LogP contribution in [0.4, 0.5) is 0 Å². The first-order valence-corrected chi connectivity index (χ1v) is 14.2. The van der Waals surface area contributed by atoms with Crippen molar-refractivity contribution < 1.29 is 8.85 Å². The molecule has 0 heterocycles. The Morgan fingerprint density at radius 3 is 1.29 bits per heavy atom. The molecule has 0 spiro atoms. The molecule has 24 heavy (non-hydrogen) atoms. The molecule has 4 heteroatoms. The van der Waals surface area contributed by atoms with E-state index in [1.54, 1.807) is 0 Å². The quantitative estimate of drug-likeness (QED) is 0.219. The minimum absolute atomic E-state index is 0.279. The van der Waals surface area contributed by atoms with Crippen molar-refractivity contribution in [1.82, 2.24) is 0 Å². The van der Waals surface area contributed by atoms with Crippen LogP contribution < -0.4 is 0 Å². The number of unbranched alkanes of at least 4 members (excludes halogenated alkanes) is 3. The van der Waals surface area contributed by atoms with Gasteiger partial charge >= 0.3 is 0 Å². The second-order valence-corrected chi connectivity index (χ2v) is 10.2. The molecule has 0 aromatic carbocycles. The fourth-order valence-corrected chi connectivity index (χ4v) is 5.97. The van der Waals surface area contributed by atoms with Crippen LogP contribution in [0.25, 0.3) is 0 Å². The maximum atomic E-state index is 6.22. The molecule has 0 aromatic rings. The van der Waals surface area contributed by atoms with Gasteiger partial charge in [0.1, 0.15) is 0 Å². The standard InChI is InChI=1S/C20H46O2Si2/c1-5-9-15-19(13-7-3)21-23-17-11-12-18-24-22-20(14-8-4)16-10-6-2/h19-20H,5-18,23-24H2,1-4H3. The average molecular weight is 375 g/mol. The van der Waals surface area contributed by atoms with E-state index in [0.717, 1.165) is 0 Å². The predicted octanol–water partition coefficient (Wildman–Crippen LogP) is 5.52. The summed E-state index contributed by atoms with van der Waals surface area (Å²) in [6.07, 6.45) is 16.8. The van der Waals surface area contributed by atoms with Gasteiger partial charge < -0.3 is 8.85 Å². The van der Waals surface area contributed by atoms with Crippen LogP contribution in [0.1, 0.15) is 105 Å². The molecule has 0 bridgehead atoms. The van der Waals surface area contributed by atoms with Gasteiger partial charge in [0.2, 0.25) is 0 Å². The van der Waals surface area contributed by atoms with E-state index in [-0.39, 0.29) is 19.5 Å². The van der Waals surface area contributed by atoms with Gasteiger partial charge in [0.25, 0.3) is 0 Å². The van der Waals surface area contributed by atoms with Crippen LogP contribution in [0.15, 0.2) is 0 Å². The second kappa shape index (κ2) is 19.7. The lowest BCUT2D eigenvalue weighted by Crippen LogP contribution is -2.16. The highest BCUT2D eigenvalue weighted by Gasteiger charge is 2.08. The van der Waals surface area contributed by atoms with E-state index >= 15 is 0 Å². The molecule has 2 nitrogen and oxygen atoms in total. The van der Waals surface area contributed by atoms with Crippen molar-refractivity contribution in [2.45, 2.75) is 129 Å². The molecule has 0 saturated carbocycles. The zero-order valence-corrected chi connectivity index (χ0v) is 20.1. The highest BCUT2D eigenvalue weighted by atomic mass is 28.2. The second-order valence-electron chi connectivity index (χ2n) is 7.26. The third-order valence-electron chi connectivity index (χ3n) is 4.73. The maximum absolute atomic E-state index is 6.22. The Labute approximate surface area is 157 Å². The lowest BCUT2D eigenvalue weighted by molar-refractivity contribution is 0.183. The third kappa shape index (κ3) is 15.9. The zero-order valence-electron chi connectivity index (χ0n) is 17.3. The molecule has 0 aromatic heterocycles. The van der Waals surface area contributed by atoms with Crippen LogP contribution in [0.2, 0.25) is 12.1 Å². The number of hydrogen-bond donors (Lipinski definition) is 0. The highest BCUT2D eigenvalue weighted by Crippen LogP contribution is 2.13. The van der Waals surface area contributed by atoms with Crippen molar-refractivity contribution in [2.75, 3.05) is 0 Å². The fourth-order valence-electron chi connectivity index (χ4n) is 3.19. The maximum Gasteiger partial charge on any atom is 0.161 e. The topological polar surface area (TPSA) is 18.5 Å². The van der Waals surface area contributed by atoms with Gasteiger partial charge in [-0.3, -0.25) is 0 Å². The molecule has 0 radical (unpaired) electrons. The van der Waals surface area contributed by atoms with Crippen LogP contribution in [0.3, 0.4) is 0 Å². The molecule has 146 valence electrons. The van der Waals surface area contributed by atoms with Crippen molar-refractivity contribution in [3.63, 3.8) is 0 Å². The molecule has 0 rings (SSSR count). The van der Waals surface area contributed by atoms with E-state index in [1.165, 1.54) is 89.1 Å². The van der Waals surface area contributed by atoms with E-state index < -0.39 is 0 Å². The van der Waals surface area contributed by atoms with E-state index in [1.807, 2.05) is 0 Å². The Kier molecular flexibility index (Phi) is 20.0. The normalized spacial score (nSPS) is 15.0. The molecule has 0 aliphatic carbocycles. The summed E-state index contributed by atoms with van der Waals surface area (Å²) in [6, 6.07) is 2.74. The summed E-state index contributed by atoms with van der Waals surface area (Å²) in [6.45, 7) is 9.11. The van der Waals surface area contributed by atoms with Crippen LogP contribution in [0.5, 0.6) is 0 Å².